The Labute approximate surface area is 125 Å². The Balaban J connectivity index is 2.15. The Hall–Kier alpha value is -1.84. The van der Waals surface area contributed by atoms with Gasteiger partial charge in [-0.15, -0.1) is 0 Å². The highest BCUT2D eigenvalue weighted by Crippen LogP contribution is 2.29. The zero-order chi connectivity index (χ0) is 15.3. The fraction of sp³-hybridized carbons (Fsp3) is 0.529. The molecule has 1 aromatic carbocycles. The van der Waals surface area contributed by atoms with Crippen LogP contribution >= 0.6 is 0 Å². The molecule has 4 nitrogen and oxygen atoms in total. The average Bonchev–Trinajstić information content (AvgIpc) is 2.55. The standard InChI is InChI=1S/C17H23NO3/c1-3-13-7-9-14(10-8-13)15(19)18-17(16(20)21-2)11-5-4-6-12-17/h7-10H,3-6,11-12H2,1-2H3,(H,18,19). The lowest BCUT2D eigenvalue weighted by molar-refractivity contribution is -0.149. The molecule has 0 bridgehead atoms. The van der Waals surface area contributed by atoms with Gasteiger partial charge >= 0.3 is 5.97 Å². The number of aryl methyl sites for hydroxylation is 1. The van der Waals surface area contributed by atoms with Crippen molar-refractivity contribution in [2.24, 2.45) is 0 Å². The largest absolute Gasteiger partial charge is 0.467 e. The van der Waals surface area contributed by atoms with E-state index in [2.05, 4.69) is 12.2 Å². The first-order valence-corrected chi connectivity index (χ1v) is 7.61. The summed E-state index contributed by atoms with van der Waals surface area (Å²) in [4.78, 5) is 24.5. The second kappa shape index (κ2) is 6.74. The van der Waals surface area contributed by atoms with Gasteiger partial charge in [-0.2, -0.15) is 0 Å². The van der Waals surface area contributed by atoms with Crippen LogP contribution in [0.1, 0.15) is 54.9 Å². The van der Waals surface area contributed by atoms with Gasteiger partial charge in [0, 0.05) is 5.56 Å². The molecule has 0 unspecified atom stereocenters. The molecular formula is C17H23NO3. The maximum Gasteiger partial charge on any atom is 0.331 e. The van der Waals surface area contributed by atoms with Crippen molar-refractivity contribution in [2.45, 2.75) is 51.0 Å². The molecule has 0 spiro atoms. The fourth-order valence-corrected chi connectivity index (χ4v) is 2.91. The minimum atomic E-state index is -0.854. The van der Waals surface area contributed by atoms with E-state index in [-0.39, 0.29) is 11.9 Å². The van der Waals surface area contributed by atoms with E-state index in [9.17, 15) is 9.59 Å². The molecule has 1 aliphatic rings. The van der Waals surface area contributed by atoms with Crippen molar-refractivity contribution in [2.75, 3.05) is 7.11 Å². The first-order valence-electron chi connectivity index (χ1n) is 7.61. The molecule has 0 aromatic heterocycles. The van der Waals surface area contributed by atoms with E-state index in [1.54, 1.807) is 0 Å². The number of hydrogen-bond acceptors (Lipinski definition) is 3. The average molecular weight is 289 g/mol. The molecule has 114 valence electrons. The highest BCUT2D eigenvalue weighted by molar-refractivity contribution is 5.98. The molecule has 0 atom stereocenters. The van der Waals surface area contributed by atoms with E-state index >= 15 is 0 Å². The molecule has 21 heavy (non-hydrogen) atoms. The minimum Gasteiger partial charge on any atom is -0.467 e. The van der Waals surface area contributed by atoms with Crippen molar-refractivity contribution in [1.29, 1.82) is 0 Å². The molecule has 2 rings (SSSR count). The van der Waals surface area contributed by atoms with Gasteiger partial charge in [0.05, 0.1) is 7.11 Å². The van der Waals surface area contributed by atoms with Crippen LogP contribution in [0.3, 0.4) is 0 Å². The molecule has 4 heteroatoms. The number of hydrogen-bond donors (Lipinski definition) is 1. The summed E-state index contributed by atoms with van der Waals surface area (Å²) in [6.45, 7) is 2.07. The van der Waals surface area contributed by atoms with Crippen LogP contribution in [-0.4, -0.2) is 24.5 Å². The smallest absolute Gasteiger partial charge is 0.331 e. The van der Waals surface area contributed by atoms with E-state index in [0.717, 1.165) is 25.7 Å². The number of carbonyl (C=O) groups excluding carboxylic acids is 2. The predicted octanol–water partition coefficient (Wildman–Crippen LogP) is 2.85. The number of nitrogens with one attached hydrogen (secondary N) is 1. The van der Waals surface area contributed by atoms with Crippen LogP contribution in [0.25, 0.3) is 0 Å². The predicted molar refractivity (Wildman–Crippen MR) is 81.1 cm³/mol. The van der Waals surface area contributed by atoms with Gasteiger partial charge in [0.2, 0.25) is 0 Å². The third-order valence-corrected chi connectivity index (χ3v) is 4.26. The van der Waals surface area contributed by atoms with Gasteiger partial charge in [0.15, 0.2) is 0 Å². The van der Waals surface area contributed by atoms with Crippen molar-refractivity contribution in [3.63, 3.8) is 0 Å². The lowest BCUT2D eigenvalue weighted by atomic mass is 9.81. The summed E-state index contributed by atoms with van der Waals surface area (Å²) in [5, 5.41) is 2.92. The number of ether oxygens (including phenoxy) is 1. The molecule has 1 saturated carbocycles. The van der Waals surface area contributed by atoms with Gasteiger partial charge in [0.1, 0.15) is 5.54 Å². The molecular weight excluding hydrogens is 266 g/mol. The van der Waals surface area contributed by atoms with Crippen LogP contribution in [0.15, 0.2) is 24.3 Å². The Morgan fingerprint density at radius 2 is 1.76 bits per heavy atom. The summed E-state index contributed by atoms with van der Waals surface area (Å²) in [5.41, 5.74) is 0.918. The summed E-state index contributed by atoms with van der Waals surface area (Å²) in [6.07, 6.45) is 5.21. The van der Waals surface area contributed by atoms with Crippen LogP contribution in [0.4, 0.5) is 0 Å². The van der Waals surface area contributed by atoms with E-state index in [1.165, 1.54) is 12.7 Å². The Morgan fingerprint density at radius 3 is 2.29 bits per heavy atom. The number of esters is 1. The lowest BCUT2D eigenvalue weighted by Gasteiger charge is -2.35. The zero-order valence-corrected chi connectivity index (χ0v) is 12.8. The lowest BCUT2D eigenvalue weighted by Crippen LogP contribution is -2.56. The molecule has 1 N–H and O–H groups in total. The topological polar surface area (TPSA) is 55.4 Å². The number of benzene rings is 1. The second-order valence-electron chi connectivity index (χ2n) is 5.64. The normalized spacial score (nSPS) is 17.0. The van der Waals surface area contributed by atoms with E-state index in [1.807, 2.05) is 24.3 Å². The summed E-state index contributed by atoms with van der Waals surface area (Å²) < 4.78 is 4.91. The first kappa shape index (κ1) is 15.5. The van der Waals surface area contributed by atoms with Gasteiger partial charge < -0.3 is 10.1 Å². The quantitative estimate of drug-likeness (QED) is 0.867. The van der Waals surface area contributed by atoms with Crippen molar-refractivity contribution in [1.82, 2.24) is 5.32 Å². The van der Waals surface area contributed by atoms with Crippen molar-refractivity contribution in [3.05, 3.63) is 35.4 Å². The van der Waals surface area contributed by atoms with Crippen molar-refractivity contribution < 1.29 is 14.3 Å². The Kier molecular flexibility index (Phi) is 4.99. The van der Waals surface area contributed by atoms with Gasteiger partial charge in [-0.05, 0) is 37.0 Å². The maximum atomic E-state index is 12.4. The van der Waals surface area contributed by atoms with Crippen LogP contribution in [0.2, 0.25) is 0 Å². The number of carbonyl (C=O) groups is 2. The van der Waals surface area contributed by atoms with Crippen LogP contribution < -0.4 is 5.32 Å². The third-order valence-electron chi connectivity index (χ3n) is 4.26. The summed E-state index contributed by atoms with van der Waals surface area (Å²) >= 11 is 0. The SMILES string of the molecule is CCc1ccc(C(=O)NC2(C(=O)OC)CCCCC2)cc1. The number of amides is 1. The Bertz CT molecular complexity index is 501. The molecule has 1 aliphatic carbocycles. The molecule has 1 aromatic rings. The van der Waals surface area contributed by atoms with Crippen molar-refractivity contribution in [3.8, 4) is 0 Å². The van der Waals surface area contributed by atoms with Crippen LogP contribution in [0.5, 0.6) is 0 Å². The number of rotatable bonds is 4. The monoisotopic (exact) mass is 289 g/mol. The molecule has 0 saturated heterocycles. The molecule has 0 aliphatic heterocycles. The van der Waals surface area contributed by atoms with E-state index in [4.69, 9.17) is 4.74 Å². The fourth-order valence-electron chi connectivity index (χ4n) is 2.91. The third kappa shape index (κ3) is 3.43. The Morgan fingerprint density at radius 1 is 1.14 bits per heavy atom. The first-order chi connectivity index (χ1) is 10.1. The van der Waals surface area contributed by atoms with Crippen molar-refractivity contribution >= 4 is 11.9 Å². The summed E-state index contributed by atoms with van der Waals surface area (Å²) in [5.74, 6) is -0.536. The van der Waals surface area contributed by atoms with Gasteiger partial charge in [-0.1, -0.05) is 38.3 Å². The summed E-state index contributed by atoms with van der Waals surface area (Å²) in [7, 11) is 1.38. The van der Waals surface area contributed by atoms with Crippen LogP contribution in [0, 0.1) is 0 Å². The van der Waals surface area contributed by atoms with E-state index in [0.29, 0.717) is 18.4 Å². The van der Waals surface area contributed by atoms with Crippen LogP contribution in [-0.2, 0) is 16.0 Å². The molecule has 0 heterocycles. The highest BCUT2D eigenvalue weighted by atomic mass is 16.5. The minimum absolute atomic E-state index is 0.204. The van der Waals surface area contributed by atoms with Gasteiger partial charge in [-0.25, -0.2) is 4.79 Å². The molecule has 1 fully saturated rings. The number of methoxy groups -OCH3 is 1. The molecule has 0 radical (unpaired) electrons. The molecule has 1 amide bonds. The second-order valence-corrected chi connectivity index (χ2v) is 5.64. The van der Waals surface area contributed by atoms with E-state index < -0.39 is 5.54 Å². The van der Waals surface area contributed by atoms with Gasteiger partial charge in [0.25, 0.3) is 5.91 Å². The zero-order valence-electron chi connectivity index (χ0n) is 12.8. The van der Waals surface area contributed by atoms with Gasteiger partial charge in [-0.3, -0.25) is 4.79 Å². The summed E-state index contributed by atoms with van der Waals surface area (Å²) in [6, 6.07) is 7.51. The highest BCUT2D eigenvalue weighted by Gasteiger charge is 2.42. The maximum absolute atomic E-state index is 12.4.